The number of para-hydroxylation sites is 2. The quantitative estimate of drug-likeness (QED) is 0.298. The summed E-state index contributed by atoms with van der Waals surface area (Å²) in [6.45, 7) is 12.9. The predicted octanol–water partition coefficient (Wildman–Crippen LogP) is 6.42. The summed E-state index contributed by atoms with van der Waals surface area (Å²) in [4.78, 5) is 17.2. The number of carbonyl (C=O) groups excluding carboxylic acids is 1. The van der Waals surface area contributed by atoms with Crippen LogP contribution in [-0.4, -0.2) is 28.6 Å². The van der Waals surface area contributed by atoms with Gasteiger partial charge in [0.1, 0.15) is 11.6 Å². The molecule has 5 nitrogen and oxygen atoms in total. The number of nitrogens with one attached hydrogen (secondary N) is 1. The molecule has 1 aromatic heterocycles. The van der Waals surface area contributed by atoms with Crippen molar-refractivity contribution in [3.05, 3.63) is 59.4 Å². The number of aryl methyl sites for hydroxylation is 2. The molecule has 0 aliphatic heterocycles. The Labute approximate surface area is 204 Å². The van der Waals surface area contributed by atoms with Crippen molar-refractivity contribution in [3.8, 4) is 5.75 Å². The van der Waals surface area contributed by atoms with E-state index in [0.717, 1.165) is 61.3 Å². The second kappa shape index (κ2) is 12.6. The lowest BCUT2D eigenvalue weighted by Gasteiger charge is -2.15. The molecule has 0 bridgehead atoms. The molecule has 0 saturated heterocycles. The number of hydrogen-bond donors (Lipinski definition) is 1. The molecule has 1 amide bonds. The lowest BCUT2D eigenvalue weighted by atomic mass is 10.0. The fourth-order valence-electron chi connectivity index (χ4n) is 4.46. The van der Waals surface area contributed by atoms with Gasteiger partial charge in [-0.25, -0.2) is 4.98 Å². The number of hydrogen-bond acceptors (Lipinski definition) is 3. The Balaban J connectivity index is 1.58. The average Bonchev–Trinajstić information content (AvgIpc) is 3.17. The van der Waals surface area contributed by atoms with E-state index in [0.29, 0.717) is 19.1 Å². The number of imidazole rings is 1. The zero-order valence-electron chi connectivity index (χ0n) is 21.6. The zero-order chi connectivity index (χ0) is 24.5. The summed E-state index contributed by atoms with van der Waals surface area (Å²) in [5.74, 6) is 2.75. The van der Waals surface area contributed by atoms with Crippen molar-refractivity contribution in [2.75, 3.05) is 13.2 Å². The van der Waals surface area contributed by atoms with E-state index in [9.17, 15) is 4.79 Å². The Hall–Kier alpha value is -2.82. The molecule has 0 saturated carbocycles. The van der Waals surface area contributed by atoms with E-state index >= 15 is 0 Å². The summed E-state index contributed by atoms with van der Waals surface area (Å²) in [6, 6.07) is 14.8. The Kier molecular flexibility index (Phi) is 9.55. The topological polar surface area (TPSA) is 56.2 Å². The van der Waals surface area contributed by atoms with Crippen molar-refractivity contribution < 1.29 is 9.53 Å². The number of aromatic nitrogens is 2. The maximum absolute atomic E-state index is 12.3. The predicted molar refractivity (Wildman–Crippen MR) is 141 cm³/mol. The summed E-state index contributed by atoms with van der Waals surface area (Å²) < 4.78 is 8.49. The number of benzene rings is 2. The second-order valence-corrected chi connectivity index (χ2v) is 9.47. The molecule has 3 aromatic rings. The first-order valence-electron chi connectivity index (χ1n) is 12.9. The SMILES string of the molecule is CCC(CC)C(=O)NCCc1nc2ccccc2n1CCCCOc1cc(C)ccc1C(C)C. The van der Waals surface area contributed by atoms with E-state index < -0.39 is 0 Å². The molecule has 3 rings (SSSR count). The van der Waals surface area contributed by atoms with E-state index in [2.05, 4.69) is 80.9 Å². The first kappa shape index (κ1) is 25.8. The zero-order valence-corrected chi connectivity index (χ0v) is 21.6. The highest BCUT2D eigenvalue weighted by atomic mass is 16.5. The van der Waals surface area contributed by atoms with Gasteiger partial charge in [0.15, 0.2) is 0 Å². The molecule has 1 heterocycles. The lowest BCUT2D eigenvalue weighted by Crippen LogP contribution is -2.32. The fraction of sp³-hybridized carbons (Fsp3) is 0.517. The fourth-order valence-corrected chi connectivity index (χ4v) is 4.46. The summed E-state index contributed by atoms with van der Waals surface area (Å²) in [5, 5.41) is 3.11. The van der Waals surface area contributed by atoms with Gasteiger partial charge in [-0.2, -0.15) is 0 Å². The molecule has 34 heavy (non-hydrogen) atoms. The van der Waals surface area contributed by atoms with E-state index in [-0.39, 0.29) is 11.8 Å². The van der Waals surface area contributed by atoms with Crippen LogP contribution in [0.5, 0.6) is 5.75 Å². The number of unbranched alkanes of at least 4 members (excludes halogenated alkanes) is 1. The van der Waals surface area contributed by atoms with Crippen LogP contribution in [0.3, 0.4) is 0 Å². The van der Waals surface area contributed by atoms with E-state index in [1.54, 1.807) is 0 Å². The normalized spacial score (nSPS) is 11.5. The minimum Gasteiger partial charge on any atom is -0.493 e. The van der Waals surface area contributed by atoms with Gasteiger partial charge in [-0.3, -0.25) is 4.79 Å². The molecule has 1 N–H and O–H groups in total. The highest BCUT2D eigenvalue weighted by Crippen LogP contribution is 2.27. The van der Waals surface area contributed by atoms with Gasteiger partial charge in [0.2, 0.25) is 5.91 Å². The van der Waals surface area contributed by atoms with Gasteiger partial charge >= 0.3 is 0 Å². The van der Waals surface area contributed by atoms with Crippen LogP contribution in [0.4, 0.5) is 0 Å². The molecule has 0 unspecified atom stereocenters. The molecule has 5 heteroatoms. The second-order valence-electron chi connectivity index (χ2n) is 9.47. The van der Waals surface area contributed by atoms with Crippen LogP contribution in [0.2, 0.25) is 0 Å². The number of amides is 1. The monoisotopic (exact) mass is 463 g/mol. The largest absolute Gasteiger partial charge is 0.493 e. The van der Waals surface area contributed by atoms with Crippen LogP contribution in [0.1, 0.15) is 76.2 Å². The molecule has 0 aliphatic rings. The summed E-state index contributed by atoms with van der Waals surface area (Å²) in [6.07, 6.45) is 4.48. The van der Waals surface area contributed by atoms with Gasteiger partial charge < -0.3 is 14.6 Å². The third-order valence-electron chi connectivity index (χ3n) is 6.56. The standard InChI is InChI=1S/C29H41N3O2/c1-6-23(7-2)29(33)30-17-16-28-31-25-12-8-9-13-26(25)32(28)18-10-11-19-34-27-20-22(5)14-15-24(27)21(3)4/h8-9,12-15,20-21,23H,6-7,10-11,16-19H2,1-5H3,(H,30,33). The molecule has 0 fully saturated rings. The number of fused-ring (bicyclic) bond motifs is 1. The van der Waals surface area contributed by atoms with Crippen molar-refractivity contribution in [2.45, 2.75) is 79.2 Å². The number of rotatable bonds is 13. The van der Waals surface area contributed by atoms with Gasteiger partial charge in [0.05, 0.1) is 17.6 Å². The van der Waals surface area contributed by atoms with Crippen LogP contribution in [-0.2, 0) is 17.8 Å². The Bertz CT molecular complexity index is 1070. The van der Waals surface area contributed by atoms with Crippen LogP contribution < -0.4 is 10.1 Å². The van der Waals surface area contributed by atoms with Gasteiger partial charge in [-0.1, -0.05) is 52.0 Å². The average molecular weight is 464 g/mol. The summed E-state index contributed by atoms with van der Waals surface area (Å²) >= 11 is 0. The van der Waals surface area contributed by atoms with Crippen molar-refractivity contribution in [1.82, 2.24) is 14.9 Å². The molecule has 0 spiro atoms. The van der Waals surface area contributed by atoms with Crippen molar-refractivity contribution in [3.63, 3.8) is 0 Å². The Morgan fingerprint density at radius 3 is 2.59 bits per heavy atom. The van der Waals surface area contributed by atoms with E-state index in [4.69, 9.17) is 9.72 Å². The van der Waals surface area contributed by atoms with Gasteiger partial charge in [-0.15, -0.1) is 0 Å². The summed E-state index contributed by atoms with van der Waals surface area (Å²) in [5.41, 5.74) is 4.67. The number of ether oxygens (including phenoxy) is 1. The lowest BCUT2D eigenvalue weighted by molar-refractivity contribution is -0.125. The number of nitrogens with zero attached hydrogens (tertiary/aromatic N) is 2. The van der Waals surface area contributed by atoms with Crippen LogP contribution >= 0.6 is 0 Å². The summed E-state index contributed by atoms with van der Waals surface area (Å²) in [7, 11) is 0. The maximum atomic E-state index is 12.3. The highest BCUT2D eigenvalue weighted by Gasteiger charge is 2.15. The van der Waals surface area contributed by atoms with Crippen LogP contribution in [0, 0.1) is 12.8 Å². The minimum absolute atomic E-state index is 0.100. The van der Waals surface area contributed by atoms with E-state index in [1.807, 2.05) is 6.07 Å². The Morgan fingerprint density at radius 2 is 1.85 bits per heavy atom. The van der Waals surface area contributed by atoms with Crippen LogP contribution in [0.15, 0.2) is 42.5 Å². The molecule has 184 valence electrons. The number of carbonyl (C=O) groups is 1. The molecule has 0 atom stereocenters. The highest BCUT2D eigenvalue weighted by molar-refractivity contribution is 5.78. The first-order chi connectivity index (χ1) is 16.4. The van der Waals surface area contributed by atoms with Crippen molar-refractivity contribution in [2.24, 2.45) is 5.92 Å². The van der Waals surface area contributed by atoms with Crippen molar-refractivity contribution in [1.29, 1.82) is 0 Å². The molecule has 2 aromatic carbocycles. The van der Waals surface area contributed by atoms with E-state index in [1.165, 1.54) is 11.1 Å². The smallest absolute Gasteiger partial charge is 0.223 e. The molecule has 0 radical (unpaired) electrons. The molecule has 0 aliphatic carbocycles. The maximum Gasteiger partial charge on any atom is 0.223 e. The minimum atomic E-state index is 0.100. The third kappa shape index (κ3) is 6.62. The first-order valence-corrected chi connectivity index (χ1v) is 12.9. The van der Waals surface area contributed by atoms with Gasteiger partial charge in [-0.05, 0) is 67.9 Å². The molecular weight excluding hydrogens is 422 g/mol. The van der Waals surface area contributed by atoms with Crippen LogP contribution in [0.25, 0.3) is 11.0 Å². The molecular formula is C29H41N3O2. The van der Waals surface area contributed by atoms with Gasteiger partial charge in [0, 0.05) is 25.4 Å². The van der Waals surface area contributed by atoms with Gasteiger partial charge in [0.25, 0.3) is 0 Å². The Morgan fingerprint density at radius 1 is 1.09 bits per heavy atom. The third-order valence-corrected chi connectivity index (χ3v) is 6.56. The van der Waals surface area contributed by atoms with Crippen molar-refractivity contribution >= 4 is 16.9 Å².